The number of benzene rings is 2. The molecule has 0 atom stereocenters. The van der Waals surface area contributed by atoms with E-state index in [1.165, 1.54) is 6.07 Å². The van der Waals surface area contributed by atoms with E-state index >= 15 is 0 Å². The number of fused-ring (bicyclic) bond motifs is 1. The van der Waals surface area contributed by atoms with E-state index < -0.39 is 5.63 Å². The van der Waals surface area contributed by atoms with Gasteiger partial charge in [-0.15, -0.1) is 0 Å². The number of halogens is 1. The molecule has 0 fully saturated rings. The highest BCUT2D eigenvalue weighted by molar-refractivity contribution is 6.30. The fourth-order valence-corrected chi connectivity index (χ4v) is 2.92. The number of hydrogen-bond acceptors (Lipinski definition) is 3. The van der Waals surface area contributed by atoms with Crippen molar-refractivity contribution in [2.45, 2.75) is 32.7 Å². The van der Waals surface area contributed by atoms with Crippen LogP contribution in [0.2, 0.25) is 5.02 Å². The fourth-order valence-electron chi connectivity index (χ4n) is 2.79. The zero-order valence-corrected chi connectivity index (χ0v) is 15.5. The molecule has 3 aromatic rings. The lowest BCUT2D eigenvalue weighted by atomic mass is 9.99. The smallest absolute Gasteiger partial charge is 0.336 e. The second-order valence-electron chi connectivity index (χ2n) is 6.58. The molecule has 0 aliphatic heterocycles. The summed E-state index contributed by atoms with van der Waals surface area (Å²) in [6.07, 6.45) is 0.258. The first-order valence-corrected chi connectivity index (χ1v) is 8.88. The standard InChI is InChI=1S/C21H20ClNO3/c1-13(2)15-5-8-19-18(10-15)16(11-21(25)26-19)12-23-20(24)9-14-3-6-17(22)7-4-14/h3-8,10-11,13H,9,12H2,1-2H3,(H,23,24). The van der Waals surface area contributed by atoms with Gasteiger partial charge in [0.1, 0.15) is 5.58 Å². The van der Waals surface area contributed by atoms with Crippen molar-refractivity contribution in [1.82, 2.24) is 5.32 Å². The van der Waals surface area contributed by atoms with Gasteiger partial charge in [0.05, 0.1) is 6.42 Å². The van der Waals surface area contributed by atoms with Crippen LogP contribution in [0, 0.1) is 0 Å². The summed E-state index contributed by atoms with van der Waals surface area (Å²) < 4.78 is 5.27. The maximum Gasteiger partial charge on any atom is 0.336 e. The summed E-state index contributed by atoms with van der Waals surface area (Å²) in [5, 5.41) is 4.36. The van der Waals surface area contributed by atoms with E-state index in [9.17, 15) is 9.59 Å². The van der Waals surface area contributed by atoms with Gasteiger partial charge in [0, 0.05) is 23.0 Å². The Morgan fingerprint density at radius 3 is 2.54 bits per heavy atom. The molecule has 134 valence electrons. The van der Waals surface area contributed by atoms with E-state index in [0.717, 1.165) is 22.1 Å². The quantitative estimate of drug-likeness (QED) is 0.677. The molecule has 0 aliphatic rings. The molecule has 2 aromatic carbocycles. The summed E-state index contributed by atoms with van der Waals surface area (Å²) in [4.78, 5) is 24.0. The van der Waals surface area contributed by atoms with Gasteiger partial charge in [-0.3, -0.25) is 4.79 Å². The Morgan fingerprint density at radius 2 is 1.85 bits per heavy atom. The second kappa shape index (κ2) is 7.75. The van der Waals surface area contributed by atoms with E-state index in [-0.39, 0.29) is 18.9 Å². The molecule has 0 unspecified atom stereocenters. The third-order valence-corrected chi connectivity index (χ3v) is 4.52. The minimum Gasteiger partial charge on any atom is -0.423 e. The molecule has 0 radical (unpaired) electrons. The van der Waals surface area contributed by atoms with Crippen LogP contribution in [0.1, 0.15) is 36.5 Å². The van der Waals surface area contributed by atoms with Gasteiger partial charge in [0.15, 0.2) is 0 Å². The summed E-state index contributed by atoms with van der Waals surface area (Å²) in [5.74, 6) is 0.243. The van der Waals surface area contributed by atoms with Crippen LogP contribution in [-0.4, -0.2) is 5.91 Å². The molecule has 1 amide bonds. The molecule has 26 heavy (non-hydrogen) atoms. The van der Waals surface area contributed by atoms with Gasteiger partial charge >= 0.3 is 5.63 Å². The molecule has 0 saturated carbocycles. The molecule has 0 spiro atoms. The molecule has 0 aliphatic carbocycles. The third-order valence-electron chi connectivity index (χ3n) is 4.27. The molecule has 1 heterocycles. The molecule has 0 saturated heterocycles. The highest BCUT2D eigenvalue weighted by Crippen LogP contribution is 2.23. The molecule has 1 aromatic heterocycles. The lowest BCUT2D eigenvalue weighted by Gasteiger charge is -2.11. The minimum absolute atomic E-state index is 0.117. The van der Waals surface area contributed by atoms with Gasteiger partial charge in [-0.05, 0) is 46.9 Å². The predicted molar refractivity (Wildman–Crippen MR) is 104 cm³/mol. The topological polar surface area (TPSA) is 59.3 Å². The Labute approximate surface area is 156 Å². The van der Waals surface area contributed by atoms with Crippen LogP contribution in [0.3, 0.4) is 0 Å². The van der Waals surface area contributed by atoms with Crippen molar-refractivity contribution in [2.24, 2.45) is 0 Å². The van der Waals surface area contributed by atoms with E-state index in [4.69, 9.17) is 16.0 Å². The van der Waals surface area contributed by atoms with Crippen molar-refractivity contribution < 1.29 is 9.21 Å². The average molecular weight is 370 g/mol. The molecule has 5 heteroatoms. The van der Waals surface area contributed by atoms with E-state index in [0.29, 0.717) is 16.5 Å². The van der Waals surface area contributed by atoms with Gasteiger partial charge in [-0.25, -0.2) is 4.79 Å². The van der Waals surface area contributed by atoms with Crippen LogP contribution in [0.25, 0.3) is 11.0 Å². The highest BCUT2D eigenvalue weighted by Gasteiger charge is 2.10. The van der Waals surface area contributed by atoms with Gasteiger partial charge in [0.25, 0.3) is 0 Å². The van der Waals surface area contributed by atoms with Crippen LogP contribution in [0.15, 0.2) is 57.7 Å². The summed E-state index contributed by atoms with van der Waals surface area (Å²) in [5.41, 5.74) is 2.90. The number of carbonyl (C=O) groups is 1. The first-order chi connectivity index (χ1) is 12.4. The first kappa shape index (κ1) is 18.2. The minimum atomic E-state index is -0.420. The first-order valence-electron chi connectivity index (χ1n) is 8.50. The molecule has 3 rings (SSSR count). The average Bonchev–Trinajstić information content (AvgIpc) is 2.61. The van der Waals surface area contributed by atoms with Crippen LogP contribution < -0.4 is 10.9 Å². The largest absolute Gasteiger partial charge is 0.423 e. The van der Waals surface area contributed by atoms with Crippen molar-refractivity contribution in [3.63, 3.8) is 0 Å². The van der Waals surface area contributed by atoms with Crippen LogP contribution in [-0.2, 0) is 17.8 Å². The number of nitrogens with one attached hydrogen (secondary N) is 1. The van der Waals surface area contributed by atoms with Crippen molar-refractivity contribution in [3.05, 3.63) is 80.7 Å². The molecule has 1 N–H and O–H groups in total. The Kier molecular flexibility index (Phi) is 5.43. The van der Waals surface area contributed by atoms with Crippen LogP contribution in [0.5, 0.6) is 0 Å². The Morgan fingerprint density at radius 1 is 1.12 bits per heavy atom. The summed E-state index contributed by atoms with van der Waals surface area (Å²) in [6.45, 7) is 4.48. The van der Waals surface area contributed by atoms with Gasteiger partial charge in [0.2, 0.25) is 5.91 Å². The number of rotatable bonds is 5. The van der Waals surface area contributed by atoms with Crippen LogP contribution >= 0.6 is 11.6 Å². The van der Waals surface area contributed by atoms with E-state index in [2.05, 4.69) is 19.2 Å². The van der Waals surface area contributed by atoms with Gasteiger partial charge in [-0.2, -0.15) is 0 Å². The molecule has 0 bridgehead atoms. The SMILES string of the molecule is CC(C)c1ccc2oc(=O)cc(CNC(=O)Cc3ccc(Cl)cc3)c2c1. The van der Waals surface area contributed by atoms with Crippen molar-refractivity contribution in [1.29, 1.82) is 0 Å². The van der Waals surface area contributed by atoms with E-state index in [1.54, 1.807) is 12.1 Å². The van der Waals surface area contributed by atoms with Gasteiger partial charge in [-0.1, -0.05) is 43.6 Å². The summed E-state index contributed by atoms with van der Waals surface area (Å²) >= 11 is 5.86. The van der Waals surface area contributed by atoms with E-state index in [1.807, 2.05) is 30.3 Å². The number of amides is 1. The lowest BCUT2D eigenvalue weighted by Crippen LogP contribution is -2.25. The summed E-state index contributed by atoms with van der Waals surface area (Å²) in [6, 6.07) is 14.4. The maximum atomic E-state index is 12.2. The van der Waals surface area contributed by atoms with Gasteiger partial charge < -0.3 is 9.73 Å². The van der Waals surface area contributed by atoms with Crippen molar-refractivity contribution >= 4 is 28.5 Å². The second-order valence-corrected chi connectivity index (χ2v) is 7.02. The summed E-state index contributed by atoms with van der Waals surface area (Å²) in [7, 11) is 0. The Hall–Kier alpha value is -2.59. The molecular weight excluding hydrogens is 350 g/mol. The van der Waals surface area contributed by atoms with Crippen molar-refractivity contribution in [2.75, 3.05) is 0 Å². The zero-order valence-electron chi connectivity index (χ0n) is 14.7. The highest BCUT2D eigenvalue weighted by atomic mass is 35.5. The Bertz CT molecular complexity index is 990. The lowest BCUT2D eigenvalue weighted by molar-refractivity contribution is -0.120. The zero-order chi connectivity index (χ0) is 18.7. The van der Waals surface area contributed by atoms with Crippen LogP contribution in [0.4, 0.5) is 0 Å². The third kappa shape index (κ3) is 4.33. The number of carbonyl (C=O) groups excluding carboxylic acids is 1. The normalized spacial score (nSPS) is 11.1. The number of hydrogen-bond donors (Lipinski definition) is 1. The predicted octanol–water partition coefficient (Wildman–Crippen LogP) is 4.43. The Balaban J connectivity index is 1.79. The van der Waals surface area contributed by atoms with Crippen molar-refractivity contribution in [3.8, 4) is 0 Å². The molecule has 4 nitrogen and oxygen atoms in total. The molecular formula is C21H20ClNO3. The maximum absolute atomic E-state index is 12.2. The monoisotopic (exact) mass is 369 g/mol. The fraction of sp³-hybridized carbons (Fsp3) is 0.238.